The molecule has 0 atom stereocenters. The first-order valence-electron chi connectivity index (χ1n) is 11.5. The molecule has 2 rings (SSSR count). The number of hydrogen-bond donors (Lipinski definition) is 0. The Morgan fingerprint density at radius 3 is 1.37 bits per heavy atom. The minimum Gasteiger partial charge on any atom is -0.434 e. The average molecular weight is 509 g/mol. The molecule has 2 aromatic carbocycles. The standard InChI is InChI=1S/C25H33O9P/c1-35(28,33-18-10-8-16-29-24(26)31-20-22-12-4-2-5-13-22)34-19-11-9-17-30-25(27)32-21-23-14-6-3-7-15-23/h2-7,12-15H,8-11,16-21H2,1H3. The smallest absolute Gasteiger partial charge is 0.434 e. The van der Waals surface area contributed by atoms with Gasteiger partial charge in [-0.15, -0.1) is 0 Å². The van der Waals surface area contributed by atoms with Crippen LogP contribution in [0, 0.1) is 0 Å². The Morgan fingerprint density at radius 1 is 0.600 bits per heavy atom. The van der Waals surface area contributed by atoms with Gasteiger partial charge in [-0.1, -0.05) is 60.7 Å². The molecule has 0 bridgehead atoms. The van der Waals surface area contributed by atoms with E-state index in [1.54, 1.807) is 0 Å². The normalized spacial score (nSPS) is 11.0. The molecule has 0 saturated heterocycles. The summed E-state index contributed by atoms with van der Waals surface area (Å²) in [5.41, 5.74) is 1.76. The molecule has 0 aliphatic rings. The zero-order valence-electron chi connectivity index (χ0n) is 20.0. The molecule has 0 unspecified atom stereocenters. The van der Waals surface area contributed by atoms with Crippen molar-refractivity contribution in [2.75, 3.05) is 33.1 Å². The van der Waals surface area contributed by atoms with Crippen LogP contribution >= 0.6 is 7.60 Å². The van der Waals surface area contributed by atoms with Crippen LogP contribution in [0.15, 0.2) is 60.7 Å². The number of unbranched alkanes of at least 4 members (excludes halogenated alkanes) is 2. The summed E-state index contributed by atoms with van der Waals surface area (Å²) in [6.07, 6.45) is 0.717. The van der Waals surface area contributed by atoms with Gasteiger partial charge >= 0.3 is 19.9 Å². The average Bonchev–Trinajstić information content (AvgIpc) is 2.87. The molecule has 0 aliphatic carbocycles. The van der Waals surface area contributed by atoms with Gasteiger partial charge in [0.25, 0.3) is 0 Å². The van der Waals surface area contributed by atoms with Crippen LogP contribution in [0.1, 0.15) is 36.8 Å². The highest BCUT2D eigenvalue weighted by molar-refractivity contribution is 7.52. The van der Waals surface area contributed by atoms with E-state index in [0.29, 0.717) is 25.7 Å². The Morgan fingerprint density at radius 2 is 0.971 bits per heavy atom. The van der Waals surface area contributed by atoms with Crippen molar-refractivity contribution >= 4 is 19.9 Å². The molecule has 0 N–H and O–H groups in total. The predicted octanol–water partition coefficient (Wildman–Crippen LogP) is 6.11. The van der Waals surface area contributed by atoms with Crippen LogP contribution in [-0.4, -0.2) is 45.4 Å². The van der Waals surface area contributed by atoms with Crippen LogP contribution in [0.25, 0.3) is 0 Å². The Hall–Kier alpha value is -2.87. The molecule has 9 nitrogen and oxygen atoms in total. The van der Waals surface area contributed by atoms with Crippen LogP contribution in [0.3, 0.4) is 0 Å². The molecule has 10 heteroatoms. The second kappa shape index (κ2) is 16.7. The highest BCUT2D eigenvalue weighted by atomic mass is 31.2. The Kier molecular flexibility index (Phi) is 13.5. The topological polar surface area (TPSA) is 107 Å². The van der Waals surface area contributed by atoms with E-state index in [2.05, 4.69) is 0 Å². The van der Waals surface area contributed by atoms with E-state index < -0.39 is 19.9 Å². The van der Waals surface area contributed by atoms with Gasteiger partial charge in [0.15, 0.2) is 0 Å². The van der Waals surface area contributed by atoms with Gasteiger partial charge in [0.05, 0.1) is 26.4 Å². The van der Waals surface area contributed by atoms with E-state index in [4.69, 9.17) is 28.0 Å². The van der Waals surface area contributed by atoms with E-state index >= 15 is 0 Å². The van der Waals surface area contributed by atoms with Gasteiger partial charge in [0, 0.05) is 6.66 Å². The van der Waals surface area contributed by atoms with E-state index in [0.717, 1.165) is 11.1 Å². The van der Waals surface area contributed by atoms with Gasteiger partial charge in [0.1, 0.15) is 13.2 Å². The van der Waals surface area contributed by atoms with Crippen molar-refractivity contribution in [2.24, 2.45) is 0 Å². The van der Waals surface area contributed by atoms with Gasteiger partial charge in [-0.2, -0.15) is 0 Å². The molecule has 0 heterocycles. The van der Waals surface area contributed by atoms with Crippen molar-refractivity contribution < 1.29 is 42.1 Å². The molecule has 35 heavy (non-hydrogen) atoms. The van der Waals surface area contributed by atoms with Crippen molar-refractivity contribution in [1.29, 1.82) is 0 Å². The molecule has 0 aliphatic heterocycles. The molecule has 2 aromatic rings. The first kappa shape index (κ1) is 28.4. The van der Waals surface area contributed by atoms with E-state index in [9.17, 15) is 14.2 Å². The third-order valence-corrected chi connectivity index (χ3v) is 5.87. The summed E-state index contributed by atoms with van der Waals surface area (Å²) >= 11 is 0. The maximum Gasteiger partial charge on any atom is 0.508 e. The summed E-state index contributed by atoms with van der Waals surface area (Å²) < 4.78 is 42.9. The quantitative estimate of drug-likeness (QED) is 0.151. The van der Waals surface area contributed by atoms with Crippen LogP contribution in [0.2, 0.25) is 0 Å². The zero-order valence-corrected chi connectivity index (χ0v) is 20.9. The van der Waals surface area contributed by atoms with Crippen LogP contribution in [0.5, 0.6) is 0 Å². The first-order chi connectivity index (χ1) is 16.9. The minimum absolute atomic E-state index is 0.156. The summed E-state index contributed by atoms with van der Waals surface area (Å²) in [6.45, 7) is 2.51. The summed E-state index contributed by atoms with van der Waals surface area (Å²) in [6, 6.07) is 18.6. The predicted molar refractivity (Wildman–Crippen MR) is 129 cm³/mol. The van der Waals surface area contributed by atoms with Crippen LogP contribution in [0.4, 0.5) is 9.59 Å². The number of hydrogen-bond acceptors (Lipinski definition) is 9. The van der Waals surface area contributed by atoms with Crippen LogP contribution < -0.4 is 0 Å². The van der Waals surface area contributed by atoms with Gasteiger partial charge in [-0.05, 0) is 36.8 Å². The minimum atomic E-state index is -3.18. The van der Waals surface area contributed by atoms with Gasteiger partial charge in [-0.25, -0.2) is 9.59 Å². The highest BCUT2D eigenvalue weighted by Crippen LogP contribution is 2.44. The van der Waals surface area contributed by atoms with Crippen molar-refractivity contribution in [2.45, 2.75) is 38.9 Å². The summed E-state index contributed by atoms with van der Waals surface area (Å²) in [7, 11) is -3.18. The molecule has 0 radical (unpaired) electrons. The maximum absolute atomic E-state index is 12.3. The summed E-state index contributed by atoms with van der Waals surface area (Å²) in [5, 5.41) is 0. The van der Waals surface area contributed by atoms with Gasteiger partial charge in [-0.3, -0.25) is 4.57 Å². The second-order valence-corrected chi connectivity index (χ2v) is 9.66. The first-order valence-corrected chi connectivity index (χ1v) is 13.5. The summed E-state index contributed by atoms with van der Waals surface area (Å²) in [4.78, 5) is 23.1. The molecule has 0 fully saturated rings. The van der Waals surface area contributed by atoms with E-state index in [1.807, 2.05) is 60.7 Å². The Balaban J connectivity index is 1.40. The molecular formula is C25H33O9P. The SMILES string of the molecule is CP(=O)(OCCCCOC(=O)OCc1ccccc1)OCCCCOC(=O)OCc1ccccc1. The molecule has 0 aromatic heterocycles. The lowest BCUT2D eigenvalue weighted by molar-refractivity contribution is 0.0477. The third kappa shape index (κ3) is 14.2. The fourth-order valence-electron chi connectivity index (χ4n) is 2.73. The lowest BCUT2D eigenvalue weighted by Gasteiger charge is -2.14. The fourth-order valence-corrected chi connectivity index (χ4v) is 3.73. The molecule has 0 saturated carbocycles. The lowest BCUT2D eigenvalue weighted by atomic mass is 10.2. The van der Waals surface area contributed by atoms with Gasteiger partial charge in [0.2, 0.25) is 0 Å². The monoisotopic (exact) mass is 508 g/mol. The number of benzene rings is 2. The zero-order chi connectivity index (χ0) is 25.2. The Labute approximate surface area is 206 Å². The van der Waals surface area contributed by atoms with Crippen LogP contribution in [-0.2, 0) is 45.8 Å². The summed E-state index contributed by atoms with van der Waals surface area (Å²) in [5.74, 6) is 0. The van der Waals surface area contributed by atoms with Crippen molar-refractivity contribution in [3.05, 3.63) is 71.8 Å². The number of ether oxygens (including phenoxy) is 4. The maximum atomic E-state index is 12.3. The fraction of sp³-hybridized carbons (Fsp3) is 0.440. The van der Waals surface area contributed by atoms with Crippen molar-refractivity contribution in [1.82, 2.24) is 0 Å². The third-order valence-electron chi connectivity index (χ3n) is 4.57. The Bertz CT molecular complexity index is 834. The van der Waals surface area contributed by atoms with Crippen molar-refractivity contribution in [3.63, 3.8) is 0 Å². The molecule has 192 valence electrons. The molecule has 0 spiro atoms. The number of rotatable bonds is 16. The second-order valence-electron chi connectivity index (χ2n) is 7.60. The molecule has 0 amide bonds. The van der Waals surface area contributed by atoms with E-state index in [1.165, 1.54) is 6.66 Å². The lowest BCUT2D eigenvalue weighted by Crippen LogP contribution is -2.09. The number of carbonyl (C=O) groups excluding carboxylic acids is 2. The van der Waals surface area contributed by atoms with Crippen molar-refractivity contribution in [3.8, 4) is 0 Å². The van der Waals surface area contributed by atoms with Gasteiger partial charge < -0.3 is 28.0 Å². The molecular weight excluding hydrogens is 475 g/mol. The number of carbonyl (C=O) groups is 2. The highest BCUT2D eigenvalue weighted by Gasteiger charge is 2.16. The van der Waals surface area contributed by atoms with E-state index in [-0.39, 0.29) is 39.6 Å². The largest absolute Gasteiger partial charge is 0.508 e.